The van der Waals surface area contributed by atoms with Gasteiger partial charge in [0.05, 0.1) is 16.3 Å². The predicted octanol–water partition coefficient (Wildman–Crippen LogP) is 7.10. The summed E-state index contributed by atoms with van der Waals surface area (Å²) in [6.07, 6.45) is 3.64. The zero-order chi connectivity index (χ0) is 25.8. The molecule has 2 aliphatic rings. The van der Waals surface area contributed by atoms with Crippen LogP contribution in [0.2, 0.25) is 0 Å². The number of thiazole rings is 1. The zero-order valence-electron chi connectivity index (χ0n) is 20.0. The highest BCUT2D eigenvalue weighted by Crippen LogP contribution is 2.41. The monoisotopic (exact) mass is 642 g/mol. The molecule has 186 valence electrons. The topological polar surface area (TPSA) is 47.5 Å². The normalized spacial score (nSPS) is 16.6. The summed E-state index contributed by atoms with van der Waals surface area (Å²) in [6, 6.07) is 28.3. The van der Waals surface area contributed by atoms with Crippen molar-refractivity contribution in [3.63, 3.8) is 0 Å². The SMILES string of the molecule is O=c1/c(=C/c2ccc(-c3cccc(Br)c3)o2)sc2n1[C@H](c1ccc(Br)cc1)C1=C(N=2)c2ccccc2CC1. The van der Waals surface area contributed by atoms with E-state index in [4.69, 9.17) is 9.41 Å². The summed E-state index contributed by atoms with van der Waals surface area (Å²) in [5.41, 5.74) is 6.67. The maximum absolute atomic E-state index is 13.9. The van der Waals surface area contributed by atoms with Gasteiger partial charge in [0.25, 0.3) is 5.56 Å². The quantitative estimate of drug-likeness (QED) is 0.211. The lowest BCUT2D eigenvalue weighted by Crippen LogP contribution is -2.38. The summed E-state index contributed by atoms with van der Waals surface area (Å²) in [5.74, 6) is 1.39. The van der Waals surface area contributed by atoms with Crippen molar-refractivity contribution in [1.29, 1.82) is 0 Å². The van der Waals surface area contributed by atoms with E-state index in [0.29, 0.717) is 15.1 Å². The van der Waals surface area contributed by atoms with Crippen molar-refractivity contribution in [3.05, 3.63) is 142 Å². The first-order valence-electron chi connectivity index (χ1n) is 12.3. The van der Waals surface area contributed by atoms with E-state index in [0.717, 1.165) is 49.9 Å². The number of furan rings is 1. The Morgan fingerprint density at radius 3 is 2.61 bits per heavy atom. The summed E-state index contributed by atoms with van der Waals surface area (Å²) < 4.78 is 10.6. The van der Waals surface area contributed by atoms with E-state index < -0.39 is 0 Å². The third-order valence-corrected chi connectivity index (χ3v) is 9.07. The van der Waals surface area contributed by atoms with Crippen LogP contribution in [0.1, 0.15) is 34.9 Å². The highest BCUT2D eigenvalue weighted by Gasteiger charge is 2.32. The molecule has 1 aliphatic carbocycles. The molecule has 0 unspecified atom stereocenters. The number of benzene rings is 3. The van der Waals surface area contributed by atoms with Gasteiger partial charge >= 0.3 is 0 Å². The predicted molar refractivity (Wildman–Crippen MR) is 159 cm³/mol. The van der Waals surface area contributed by atoms with Crippen molar-refractivity contribution in [1.82, 2.24) is 4.57 Å². The fourth-order valence-corrected chi connectivity index (χ4v) is 6.97. The van der Waals surface area contributed by atoms with Gasteiger partial charge in [-0.25, -0.2) is 4.99 Å². The molecule has 0 saturated heterocycles. The molecular weight excluding hydrogens is 624 g/mol. The number of aromatic nitrogens is 1. The number of rotatable bonds is 3. The summed E-state index contributed by atoms with van der Waals surface area (Å²) in [4.78, 5) is 19.7. The molecular formula is C31H20Br2N2O2S. The number of aryl methyl sites for hydroxylation is 1. The van der Waals surface area contributed by atoms with E-state index >= 15 is 0 Å². The molecule has 7 rings (SSSR count). The molecule has 0 N–H and O–H groups in total. The molecule has 0 spiro atoms. The van der Waals surface area contributed by atoms with Crippen LogP contribution in [-0.4, -0.2) is 4.57 Å². The molecule has 3 heterocycles. The number of halogens is 2. The lowest BCUT2D eigenvalue weighted by atomic mass is 9.83. The minimum absolute atomic E-state index is 0.0486. The fraction of sp³-hybridized carbons (Fsp3) is 0.0968. The molecule has 4 nitrogen and oxygen atoms in total. The molecule has 7 heteroatoms. The van der Waals surface area contributed by atoms with Crippen LogP contribution in [0.25, 0.3) is 23.1 Å². The minimum Gasteiger partial charge on any atom is -0.457 e. The Morgan fingerprint density at radius 2 is 1.76 bits per heavy atom. The summed E-state index contributed by atoms with van der Waals surface area (Å²) in [7, 11) is 0. The van der Waals surface area contributed by atoms with E-state index in [-0.39, 0.29) is 11.6 Å². The largest absolute Gasteiger partial charge is 0.457 e. The molecule has 38 heavy (non-hydrogen) atoms. The van der Waals surface area contributed by atoms with E-state index in [1.54, 1.807) is 0 Å². The molecule has 0 fully saturated rings. The minimum atomic E-state index is -0.196. The third kappa shape index (κ3) is 4.10. The van der Waals surface area contributed by atoms with Crippen LogP contribution in [0.4, 0.5) is 0 Å². The molecule has 1 atom stereocenters. The fourth-order valence-electron chi connectivity index (χ4n) is 5.32. The Bertz CT molecular complexity index is 1930. The number of hydrogen-bond acceptors (Lipinski definition) is 4. The van der Waals surface area contributed by atoms with Gasteiger partial charge in [-0.1, -0.05) is 91.7 Å². The van der Waals surface area contributed by atoms with Crippen LogP contribution < -0.4 is 14.9 Å². The lowest BCUT2D eigenvalue weighted by Gasteiger charge is -2.30. The van der Waals surface area contributed by atoms with Gasteiger partial charge < -0.3 is 4.42 Å². The van der Waals surface area contributed by atoms with Gasteiger partial charge in [0, 0.05) is 26.1 Å². The summed E-state index contributed by atoms with van der Waals surface area (Å²) in [5, 5.41) is 0. The van der Waals surface area contributed by atoms with Crippen molar-refractivity contribution in [2.45, 2.75) is 18.9 Å². The summed E-state index contributed by atoms with van der Waals surface area (Å²) in [6.45, 7) is 0. The van der Waals surface area contributed by atoms with E-state index in [1.807, 2.05) is 59.2 Å². The van der Waals surface area contributed by atoms with E-state index in [9.17, 15) is 4.79 Å². The van der Waals surface area contributed by atoms with Crippen molar-refractivity contribution in [3.8, 4) is 11.3 Å². The maximum atomic E-state index is 13.9. The first-order chi connectivity index (χ1) is 18.5. The first-order valence-corrected chi connectivity index (χ1v) is 14.7. The van der Waals surface area contributed by atoms with Gasteiger partial charge in [-0.2, -0.15) is 0 Å². The molecule has 0 saturated carbocycles. The van der Waals surface area contributed by atoms with Crippen LogP contribution >= 0.6 is 43.2 Å². The zero-order valence-corrected chi connectivity index (χ0v) is 24.0. The Hall–Kier alpha value is -3.26. The second-order valence-corrected chi connectivity index (χ2v) is 12.2. The first kappa shape index (κ1) is 23.8. The van der Waals surface area contributed by atoms with Crippen molar-refractivity contribution >= 4 is 55.0 Å². The van der Waals surface area contributed by atoms with Crippen LogP contribution in [0, 0.1) is 0 Å². The standard InChI is InChI=1S/C31H20Br2N2O2S/c32-21-11-8-19(9-12-21)29-25-14-10-18-4-1-2-7-24(18)28(25)34-31-35(29)30(36)27(38-31)17-23-13-15-26(37-23)20-5-3-6-22(33)16-20/h1-9,11-13,15-17,29H,10,14H2/b27-17-/t29-/m1/s1. The second kappa shape index (κ2) is 9.49. The van der Waals surface area contributed by atoms with Gasteiger partial charge in [-0.3, -0.25) is 9.36 Å². The Labute approximate surface area is 239 Å². The maximum Gasteiger partial charge on any atom is 0.271 e. The highest BCUT2D eigenvalue weighted by molar-refractivity contribution is 9.10. The number of fused-ring (bicyclic) bond motifs is 3. The third-order valence-electron chi connectivity index (χ3n) is 7.07. The number of allylic oxidation sites excluding steroid dienone is 1. The van der Waals surface area contributed by atoms with Gasteiger partial charge in [0.2, 0.25) is 0 Å². The summed E-state index contributed by atoms with van der Waals surface area (Å²) >= 11 is 8.49. The molecule has 2 aromatic heterocycles. The van der Waals surface area contributed by atoms with Crippen molar-refractivity contribution in [2.24, 2.45) is 4.99 Å². The van der Waals surface area contributed by atoms with E-state index in [2.05, 4.69) is 68.3 Å². The van der Waals surface area contributed by atoms with Crippen molar-refractivity contribution < 1.29 is 4.42 Å². The molecule has 0 amide bonds. The second-order valence-electron chi connectivity index (χ2n) is 9.38. The molecule has 0 bridgehead atoms. The van der Waals surface area contributed by atoms with Crippen molar-refractivity contribution in [2.75, 3.05) is 0 Å². The Morgan fingerprint density at radius 1 is 0.921 bits per heavy atom. The van der Waals surface area contributed by atoms with Gasteiger partial charge in [-0.15, -0.1) is 0 Å². The van der Waals surface area contributed by atoms with Crippen LogP contribution in [0.3, 0.4) is 0 Å². The lowest BCUT2D eigenvalue weighted by molar-refractivity contribution is 0.570. The van der Waals surface area contributed by atoms with Gasteiger partial charge in [0.15, 0.2) is 4.80 Å². The molecule has 1 aliphatic heterocycles. The van der Waals surface area contributed by atoms with Crippen LogP contribution in [0.5, 0.6) is 0 Å². The van der Waals surface area contributed by atoms with E-state index in [1.165, 1.54) is 22.5 Å². The molecule has 0 radical (unpaired) electrons. The van der Waals surface area contributed by atoms with Gasteiger partial charge in [0.1, 0.15) is 11.5 Å². The van der Waals surface area contributed by atoms with Crippen LogP contribution in [-0.2, 0) is 6.42 Å². The molecule has 3 aromatic carbocycles. The average molecular weight is 644 g/mol. The smallest absolute Gasteiger partial charge is 0.271 e. The number of nitrogens with zero attached hydrogens (tertiary/aromatic N) is 2. The average Bonchev–Trinajstić information content (AvgIpc) is 3.52. The Kier molecular flexibility index (Phi) is 5.95. The molecule has 5 aromatic rings. The Balaban J connectivity index is 1.40. The van der Waals surface area contributed by atoms with Gasteiger partial charge in [-0.05, 0) is 65.9 Å². The van der Waals surface area contributed by atoms with Crippen LogP contribution in [0.15, 0.2) is 114 Å². The number of hydrogen-bond donors (Lipinski definition) is 0. The highest BCUT2D eigenvalue weighted by atomic mass is 79.9.